The molecule has 0 heterocycles. The third-order valence-electron chi connectivity index (χ3n) is 0. The first-order chi connectivity index (χ1) is 4.46. The van der Waals surface area contributed by atoms with Gasteiger partial charge in [-0.25, -0.2) is 0 Å². The van der Waals surface area contributed by atoms with Crippen LogP contribution in [0, 0.1) is 0 Å². The van der Waals surface area contributed by atoms with Crippen molar-refractivity contribution in [3.63, 3.8) is 0 Å². The van der Waals surface area contributed by atoms with E-state index >= 15 is 0 Å². The Morgan fingerprint density at radius 1 is 1.00 bits per heavy atom. The summed E-state index contributed by atoms with van der Waals surface area (Å²) in [5, 5.41) is 17.8. The quantitative estimate of drug-likeness (QED) is 0.242. The molecular weight excluding hydrogens is 204 g/mol. The van der Waals surface area contributed by atoms with E-state index in [1.54, 1.807) is 0 Å². The molecule has 0 unspecified atom stereocenters. The van der Waals surface area contributed by atoms with E-state index < -0.39 is 11.9 Å². The van der Waals surface area contributed by atoms with E-state index in [4.69, 9.17) is 19.8 Å². The van der Waals surface area contributed by atoms with Gasteiger partial charge in [0.1, 0.15) is 0 Å². The molecule has 7 heteroatoms. The molecule has 0 saturated heterocycles. The molecule has 0 aliphatic carbocycles. The van der Waals surface area contributed by atoms with Gasteiger partial charge in [-0.15, -0.1) is 0 Å². The monoisotopic (exact) mass is 213 g/mol. The number of hydrogen-bond donors (Lipinski definition) is 2. The van der Waals surface area contributed by atoms with Crippen LogP contribution in [0.5, 0.6) is 0 Å². The van der Waals surface area contributed by atoms with E-state index in [2.05, 4.69) is 11.7 Å². The van der Waals surface area contributed by atoms with Crippen molar-refractivity contribution in [1.82, 2.24) is 0 Å². The fraction of sp³-hybridized carbons (Fsp3) is 0.500. The second-order valence-corrected chi connectivity index (χ2v) is 0.983. The third-order valence-corrected chi connectivity index (χ3v) is 0. The van der Waals surface area contributed by atoms with Crippen LogP contribution in [0.1, 0.15) is 13.8 Å². The van der Waals surface area contributed by atoms with Gasteiger partial charge in [0.15, 0.2) is 0 Å². The molecule has 0 amide bonds. The molecule has 0 rings (SSSR count). The molecule has 0 atom stereocenters. The van der Waals surface area contributed by atoms with Crippen molar-refractivity contribution in [2.24, 2.45) is 11.7 Å². The predicted octanol–water partition coefficient (Wildman–Crippen LogP) is -3.67. The number of nitrogens with two attached hydrogens (primary N) is 2. The maximum absolute atomic E-state index is 8.89. The van der Waals surface area contributed by atoms with Crippen molar-refractivity contribution in [2.45, 2.75) is 13.8 Å². The second-order valence-electron chi connectivity index (χ2n) is 0.983. The molecule has 0 aliphatic rings. The van der Waals surface area contributed by atoms with E-state index in [1.165, 1.54) is 0 Å². The number of carboxylic acids is 2. The van der Waals surface area contributed by atoms with Gasteiger partial charge in [-0.2, -0.15) is 0 Å². The number of carbonyl (C=O) groups excluding carboxylic acids is 2. The largest absolute Gasteiger partial charge is 2.00 e. The molecule has 1 radical (unpaired) electrons. The fourth-order valence-electron chi connectivity index (χ4n) is 0. The Balaban J connectivity index is -0.0000000339. The van der Waals surface area contributed by atoms with Crippen molar-refractivity contribution in [1.29, 1.82) is 0 Å². The van der Waals surface area contributed by atoms with Crippen LogP contribution in [-0.2, 0) is 26.7 Å². The maximum Gasteiger partial charge on any atom is 2.00 e. The zero-order valence-corrected chi connectivity index (χ0v) is 7.03. The Bertz CT molecular complexity index is 78.1. The average molecular weight is 214 g/mol. The summed E-state index contributed by atoms with van der Waals surface area (Å²) < 4.78 is 0. The van der Waals surface area contributed by atoms with Crippen LogP contribution in [0.2, 0.25) is 0 Å². The standard InChI is InChI=1S/2C2H4O2.Cu.H4N2/c2*1-2(3)4;;1-2/h2*1H3,(H,3,4);;1-2H2/q;;+2;/p-2. The summed E-state index contributed by atoms with van der Waals surface area (Å²) >= 11 is 0. The summed E-state index contributed by atoms with van der Waals surface area (Å²) in [6, 6.07) is 0. The summed E-state index contributed by atoms with van der Waals surface area (Å²) in [4.78, 5) is 17.8. The predicted molar refractivity (Wildman–Crippen MR) is 29.7 cm³/mol. The molecule has 0 aromatic carbocycles. The van der Waals surface area contributed by atoms with Crippen LogP contribution < -0.4 is 21.9 Å². The van der Waals surface area contributed by atoms with E-state index in [0.717, 1.165) is 13.8 Å². The van der Waals surface area contributed by atoms with Gasteiger partial charge in [-0.05, 0) is 13.8 Å². The summed E-state index contributed by atoms with van der Waals surface area (Å²) in [6.07, 6.45) is 0. The Kier molecular flexibility index (Phi) is 46.4. The maximum atomic E-state index is 8.89. The minimum atomic E-state index is -1.08. The van der Waals surface area contributed by atoms with Crippen molar-refractivity contribution in [3.8, 4) is 0 Å². The first-order valence-corrected chi connectivity index (χ1v) is 2.15. The normalized spacial score (nSPS) is 5.09. The molecule has 71 valence electrons. The van der Waals surface area contributed by atoms with Gasteiger partial charge in [-0.3, -0.25) is 11.7 Å². The summed E-state index contributed by atoms with van der Waals surface area (Å²) in [5.41, 5.74) is 0. The Labute approximate surface area is 75.0 Å². The van der Waals surface area contributed by atoms with Gasteiger partial charge in [0.05, 0.1) is 0 Å². The fourth-order valence-corrected chi connectivity index (χ4v) is 0. The first kappa shape index (κ1) is 22.4. The van der Waals surface area contributed by atoms with E-state index in [1.807, 2.05) is 0 Å². The minimum Gasteiger partial charge on any atom is -0.550 e. The number of aliphatic carboxylic acids is 2. The van der Waals surface area contributed by atoms with Gasteiger partial charge in [0.25, 0.3) is 0 Å². The Morgan fingerprint density at radius 3 is 1.00 bits per heavy atom. The van der Waals surface area contributed by atoms with Crippen LogP contribution in [0.15, 0.2) is 0 Å². The molecule has 0 aliphatic heterocycles. The Hall–Kier alpha value is -0.621. The molecular formula is C4H10CuN2O4. The van der Waals surface area contributed by atoms with Crippen molar-refractivity contribution in [2.75, 3.05) is 0 Å². The van der Waals surface area contributed by atoms with Crippen molar-refractivity contribution >= 4 is 11.9 Å². The zero-order chi connectivity index (χ0) is 9.15. The summed E-state index contributed by atoms with van der Waals surface area (Å²) in [7, 11) is 0. The molecule has 11 heavy (non-hydrogen) atoms. The number of carbonyl (C=O) groups is 2. The SMILES string of the molecule is CC(=O)[O-].CC(=O)[O-].NN.[Cu+2]. The molecule has 0 saturated carbocycles. The Morgan fingerprint density at radius 2 is 1.00 bits per heavy atom. The average Bonchev–Trinajstić information content (AvgIpc) is 1.66. The molecule has 6 nitrogen and oxygen atoms in total. The topological polar surface area (TPSA) is 132 Å². The zero-order valence-electron chi connectivity index (χ0n) is 6.09. The molecule has 0 aromatic rings. The van der Waals surface area contributed by atoms with Crippen LogP contribution in [0.25, 0.3) is 0 Å². The van der Waals surface area contributed by atoms with Gasteiger partial charge in [0, 0.05) is 11.9 Å². The summed E-state index contributed by atoms with van der Waals surface area (Å²) in [6.45, 7) is 1.94. The van der Waals surface area contributed by atoms with Gasteiger partial charge >= 0.3 is 17.1 Å². The van der Waals surface area contributed by atoms with Crippen LogP contribution in [0.3, 0.4) is 0 Å². The molecule has 0 spiro atoms. The van der Waals surface area contributed by atoms with Crippen molar-refractivity contribution < 1.29 is 36.9 Å². The number of carboxylic acid groups (broad SMARTS) is 2. The van der Waals surface area contributed by atoms with Gasteiger partial charge in [-0.1, -0.05) is 0 Å². The number of hydrazine groups is 1. The van der Waals surface area contributed by atoms with E-state index in [0.29, 0.717) is 0 Å². The van der Waals surface area contributed by atoms with Gasteiger partial charge < -0.3 is 19.8 Å². The van der Waals surface area contributed by atoms with Gasteiger partial charge in [0.2, 0.25) is 0 Å². The number of hydrogen-bond acceptors (Lipinski definition) is 6. The van der Waals surface area contributed by atoms with Crippen LogP contribution in [-0.4, -0.2) is 11.9 Å². The third kappa shape index (κ3) is 1330. The summed E-state index contributed by atoms with van der Waals surface area (Å²) in [5.74, 6) is 5.83. The van der Waals surface area contributed by atoms with E-state index in [-0.39, 0.29) is 17.1 Å². The van der Waals surface area contributed by atoms with Crippen LogP contribution >= 0.6 is 0 Å². The molecule has 4 N–H and O–H groups in total. The smallest absolute Gasteiger partial charge is 0.550 e. The second kappa shape index (κ2) is 22.8. The first-order valence-electron chi connectivity index (χ1n) is 2.15. The molecule has 0 bridgehead atoms. The van der Waals surface area contributed by atoms with Crippen LogP contribution in [0.4, 0.5) is 0 Å². The molecule has 0 fully saturated rings. The van der Waals surface area contributed by atoms with Crippen molar-refractivity contribution in [3.05, 3.63) is 0 Å². The molecule has 0 aromatic heterocycles. The number of rotatable bonds is 0. The van der Waals surface area contributed by atoms with E-state index in [9.17, 15) is 0 Å². The minimum absolute atomic E-state index is 0.